The van der Waals surface area contributed by atoms with E-state index >= 15 is 0 Å². The number of ether oxygens (including phenoxy) is 3. The number of nitrogens with one attached hydrogen (secondary N) is 1. The van der Waals surface area contributed by atoms with E-state index in [0.29, 0.717) is 47.9 Å². The zero-order chi connectivity index (χ0) is 25.5. The molecular weight excluding hydrogens is 448 g/mol. The van der Waals surface area contributed by atoms with Crippen LogP contribution in [-0.4, -0.2) is 69.7 Å². The van der Waals surface area contributed by atoms with Gasteiger partial charge in [-0.15, -0.1) is 0 Å². The second-order valence-electron chi connectivity index (χ2n) is 8.76. The number of benzene rings is 2. The van der Waals surface area contributed by atoms with Crippen molar-refractivity contribution in [3.63, 3.8) is 0 Å². The molecule has 2 aromatic rings. The number of carbonyl (C=O) groups excluding carboxylic acids is 2. The second-order valence-corrected chi connectivity index (χ2v) is 8.76. The van der Waals surface area contributed by atoms with E-state index in [2.05, 4.69) is 0 Å². The van der Waals surface area contributed by atoms with Crippen molar-refractivity contribution in [2.75, 3.05) is 48.0 Å². The zero-order valence-corrected chi connectivity index (χ0v) is 21.1. The highest BCUT2D eigenvalue weighted by Crippen LogP contribution is 2.45. The van der Waals surface area contributed by atoms with Crippen molar-refractivity contribution in [2.24, 2.45) is 0 Å². The van der Waals surface area contributed by atoms with Gasteiger partial charge in [0.05, 0.1) is 53.1 Å². The summed E-state index contributed by atoms with van der Waals surface area (Å²) in [5, 5.41) is 11.3. The molecule has 0 bridgehead atoms. The number of amides is 1. The highest BCUT2D eigenvalue weighted by Gasteiger charge is 2.47. The number of methoxy groups -OCH3 is 2. The molecule has 0 saturated carbocycles. The Morgan fingerprint density at radius 3 is 2.37 bits per heavy atom. The van der Waals surface area contributed by atoms with Crippen LogP contribution in [0.1, 0.15) is 36.9 Å². The molecule has 2 aromatic carbocycles. The minimum atomic E-state index is -0.812. The summed E-state index contributed by atoms with van der Waals surface area (Å²) in [4.78, 5) is 29.2. The van der Waals surface area contributed by atoms with Gasteiger partial charge >= 0.3 is 0 Å². The molecule has 35 heavy (non-hydrogen) atoms. The summed E-state index contributed by atoms with van der Waals surface area (Å²) in [5.41, 5.74) is 1.03. The number of rotatable bonds is 11. The van der Waals surface area contributed by atoms with Gasteiger partial charge in [0.15, 0.2) is 11.5 Å². The molecule has 1 fully saturated rings. The molecule has 0 radical (unpaired) electrons. The average molecular weight is 484 g/mol. The fourth-order valence-corrected chi connectivity index (χ4v) is 4.25. The molecule has 0 unspecified atom stereocenters. The number of Topliss-reactive ketones (excluding diaryl/α,β-unsaturated/α-hetero) is 1. The van der Waals surface area contributed by atoms with E-state index in [1.54, 1.807) is 42.5 Å². The number of aliphatic hydroxyl groups excluding tert-OH is 1. The van der Waals surface area contributed by atoms with Crippen LogP contribution in [-0.2, 0) is 9.59 Å². The summed E-state index contributed by atoms with van der Waals surface area (Å²) in [6.07, 6.45) is 1.57. The lowest BCUT2D eigenvalue weighted by molar-refractivity contribution is -0.858. The maximum atomic E-state index is 13.3. The van der Waals surface area contributed by atoms with Crippen molar-refractivity contribution in [3.05, 3.63) is 59.2 Å². The first-order chi connectivity index (χ1) is 16.8. The van der Waals surface area contributed by atoms with Gasteiger partial charge in [-0.2, -0.15) is 0 Å². The van der Waals surface area contributed by atoms with Crippen molar-refractivity contribution < 1.29 is 33.8 Å². The van der Waals surface area contributed by atoms with E-state index in [1.807, 2.05) is 21.0 Å². The third-order valence-corrected chi connectivity index (χ3v) is 5.94. The zero-order valence-electron chi connectivity index (χ0n) is 21.1. The number of quaternary nitrogens is 1. The Balaban J connectivity index is 2.12. The fourth-order valence-electron chi connectivity index (χ4n) is 4.25. The predicted octanol–water partition coefficient (Wildman–Crippen LogP) is 2.45. The van der Waals surface area contributed by atoms with Crippen LogP contribution in [0.25, 0.3) is 5.76 Å². The number of hydrogen-bond acceptors (Lipinski definition) is 6. The fraction of sp³-hybridized carbons (Fsp3) is 0.407. The first-order valence-corrected chi connectivity index (χ1v) is 11.9. The topological polar surface area (TPSA) is 89.7 Å². The van der Waals surface area contributed by atoms with Gasteiger partial charge in [0.2, 0.25) is 0 Å². The standard InChI is InChI=1S/C27H34N2O6/c1-6-17-35-19-13-11-18(12-14-19)24(30)22-23(20-9-7-10-21(33-4)26(20)34-5)29(27(32)25(22)31)16-8-15-28(2)3/h7,9-14,23,30H,6,8,15-17H2,1-5H3/p+1/t23-/m1/s1. The Kier molecular flexibility index (Phi) is 8.76. The number of likely N-dealkylation sites (tertiary alicyclic amines) is 1. The van der Waals surface area contributed by atoms with Crippen LogP contribution >= 0.6 is 0 Å². The first kappa shape index (κ1) is 26.1. The molecule has 1 amide bonds. The van der Waals surface area contributed by atoms with Crippen LogP contribution in [0.4, 0.5) is 0 Å². The summed E-state index contributed by atoms with van der Waals surface area (Å²) >= 11 is 0. The molecule has 8 heteroatoms. The van der Waals surface area contributed by atoms with Crippen LogP contribution in [0.5, 0.6) is 17.2 Å². The third kappa shape index (κ3) is 5.59. The molecule has 0 spiro atoms. The third-order valence-electron chi connectivity index (χ3n) is 5.94. The van der Waals surface area contributed by atoms with E-state index in [9.17, 15) is 14.7 Å². The van der Waals surface area contributed by atoms with Gasteiger partial charge in [-0.3, -0.25) is 9.59 Å². The molecule has 1 heterocycles. The number of aliphatic hydroxyl groups is 1. The van der Waals surface area contributed by atoms with Crippen molar-refractivity contribution >= 4 is 17.4 Å². The van der Waals surface area contributed by atoms with E-state index in [0.717, 1.165) is 13.0 Å². The molecule has 1 atom stereocenters. The number of para-hydroxylation sites is 1. The monoisotopic (exact) mass is 483 g/mol. The highest BCUT2D eigenvalue weighted by atomic mass is 16.5. The Labute approximate surface area is 206 Å². The Bertz CT molecular complexity index is 1080. The largest absolute Gasteiger partial charge is 0.507 e. The van der Waals surface area contributed by atoms with Gasteiger partial charge in [-0.25, -0.2) is 0 Å². The van der Waals surface area contributed by atoms with Gasteiger partial charge in [-0.1, -0.05) is 19.1 Å². The van der Waals surface area contributed by atoms with Gasteiger partial charge in [0.1, 0.15) is 11.5 Å². The molecule has 0 aromatic heterocycles. The summed E-state index contributed by atoms with van der Waals surface area (Å²) in [5.74, 6) is -0.0360. The van der Waals surface area contributed by atoms with E-state index in [4.69, 9.17) is 14.2 Å². The van der Waals surface area contributed by atoms with E-state index < -0.39 is 17.7 Å². The lowest BCUT2D eigenvalue weighted by Gasteiger charge is -2.27. The van der Waals surface area contributed by atoms with Crippen molar-refractivity contribution in [1.82, 2.24) is 4.90 Å². The first-order valence-electron chi connectivity index (χ1n) is 11.9. The molecular formula is C27H35N2O6+. The number of hydrogen-bond donors (Lipinski definition) is 2. The van der Waals surface area contributed by atoms with Crippen LogP contribution in [0.3, 0.4) is 0 Å². The van der Waals surface area contributed by atoms with Crippen molar-refractivity contribution in [1.29, 1.82) is 0 Å². The van der Waals surface area contributed by atoms with Gasteiger partial charge in [-0.05, 0) is 36.8 Å². The lowest BCUT2D eigenvalue weighted by atomic mass is 9.94. The molecule has 8 nitrogen and oxygen atoms in total. The average Bonchev–Trinajstić information content (AvgIpc) is 3.11. The molecule has 2 N–H and O–H groups in total. The SMILES string of the molecule is CCCOc1ccc(C(O)=C2C(=O)C(=O)N(CCC[NH+](C)C)[C@@H]2c2cccc(OC)c2OC)cc1. The smallest absolute Gasteiger partial charge is 0.295 e. The Morgan fingerprint density at radius 1 is 1.06 bits per heavy atom. The molecule has 0 aliphatic carbocycles. The maximum absolute atomic E-state index is 13.3. The minimum Gasteiger partial charge on any atom is -0.507 e. The molecule has 1 saturated heterocycles. The van der Waals surface area contributed by atoms with Gasteiger partial charge in [0.25, 0.3) is 11.7 Å². The number of nitrogens with zero attached hydrogens (tertiary/aromatic N) is 1. The van der Waals surface area contributed by atoms with Gasteiger partial charge < -0.3 is 29.1 Å². The Morgan fingerprint density at radius 2 is 1.77 bits per heavy atom. The van der Waals surface area contributed by atoms with E-state index in [1.165, 1.54) is 24.0 Å². The summed E-state index contributed by atoms with van der Waals surface area (Å²) in [6, 6.07) is 11.3. The number of ketones is 1. The normalized spacial score (nSPS) is 17.2. The molecule has 3 rings (SSSR count). The second kappa shape index (κ2) is 11.8. The summed E-state index contributed by atoms with van der Waals surface area (Å²) < 4.78 is 16.7. The summed E-state index contributed by atoms with van der Waals surface area (Å²) in [7, 11) is 7.10. The van der Waals surface area contributed by atoms with Crippen LogP contribution in [0.2, 0.25) is 0 Å². The quantitative estimate of drug-likeness (QED) is 0.290. The van der Waals surface area contributed by atoms with Crippen LogP contribution in [0, 0.1) is 0 Å². The van der Waals surface area contributed by atoms with E-state index in [-0.39, 0.29) is 11.3 Å². The highest BCUT2D eigenvalue weighted by molar-refractivity contribution is 6.46. The Hall–Kier alpha value is -3.52. The lowest BCUT2D eigenvalue weighted by Crippen LogP contribution is -3.05. The van der Waals surface area contributed by atoms with Crippen LogP contribution in [0.15, 0.2) is 48.0 Å². The van der Waals surface area contributed by atoms with Crippen molar-refractivity contribution in [2.45, 2.75) is 25.8 Å². The molecule has 188 valence electrons. The maximum Gasteiger partial charge on any atom is 0.295 e. The minimum absolute atomic E-state index is 0.0287. The van der Waals surface area contributed by atoms with Crippen LogP contribution < -0.4 is 19.1 Å². The van der Waals surface area contributed by atoms with Gasteiger partial charge in [0, 0.05) is 24.1 Å². The van der Waals surface area contributed by atoms with Crippen molar-refractivity contribution in [3.8, 4) is 17.2 Å². The molecule has 1 aliphatic rings. The summed E-state index contributed by atoms with van der Waals surface area (Å²) in [6.45, 7) is 3.79. The predicted molar refractivity (Wildman–Crippen MR) is 133 cm³/mol. The number of carbonyl (C=O) groups is 2. The molecule has 1 aliphatic heterocycles.